The van der Waals surface area contributed by atoms with Crippen molar-refractivity contribution < 1.29 is 19.6 Å². The van der Waals surface area contributed by atoms with Crippen molar-refractivity contribution in [3.05, 3.63) is 39.9 Å². The number of nitro groups is 1. The molecule has 0 spiro atoms. The molecule has 4 rings (SSSR count). The highest BCUT2D eigenvalue weighted by Crippen LogP contribution is 2.55. The zero-order valence-corrected chi connectivity index (χ0v) is 14.7. The van der Waals surface area contributed by atoms with E-state index < -0.39 is 10.7 Å². The maximum atomic E-state index is 11.5. The van der Waals surface area contributed by atoms with Gasteiger partial charge in [0.05, 0.1) is 17.1 Å². The van der Waals surface area contributed by atoms with Crippen molar-refractivity contribution in [3.8, 4) is 0 Å². The molecule has 3 aliphatic rings. The van der Waals surface area contributed by atoms with Crippen LogP contribution >= 0.6 is 0 Å². The summed E-state index contributed by atoms with van der Waals surface area (Å²) in [6.07, 6.45) is 2.86. The Morgan fingerprint density at radius 1 is 1.24 bits per heavy atom. The molecule has 0 radical (unpaired) electrons. The first-order valence-corrected chi connectivity index (χ1v) is 8.83. The quantitative estimate of drug-likeness (QED) is 0.653. The highest BCUT2D eigenvalue weighted by Gasteiger charge is 2.66. The van der Waals surface area contributed by atoms with Crippen LogP contribution in [0.5, 0.6) is 0 Å². The minimum atomic E-state index is -1.53. The Labute approximate surface area is 146 Å². The molecule has 1 N–H and O–H groups in total. The molecule has 0 amide bonds. The summed E-state index contributed by atoms with van der Waals surface area (Å²) in [6.45, 7) is 6.15. The Kier molecular flexibility index (Phi) is 3.70. The molecule has 0 aromatic heterocycles. The lowest BCUT2D eigenvalue weighted by molar-refractivity contribution is -0.384. The summed E-state index contributed by atoms with van der Waals surface area (Å²) < 4.78 is 6.16. The molecular formula is C18H24N2O5. The van der Waals surface area contributed by atoms with Gasteiger partial charge in [0.2, 0.25) is 5.79 Å². The van der Waals surface area contributed by atoms with Gasteiger partial charge in [-0.3, -0.25) is 15.0 Å². The Morgan fingerprint density at radius 2 is 1.88 bits per heavy atom. The Balaban J connectivity index is 1.76. The average molecular weight is 348 g/mol. The zero-order valence-electron chi connectivity index (χ0n) is 14.7. The molecule has 136 valence electrons. The first-order valence-electron chi connectivity index (χ1n) is 8.83. The Bertz CT molecular complexity index is 686. The fourth-order valence-electron chi connectivity index (χ4n) is 4.54. The fourth-order valence-corrected chi connectivity index (χ4v) is 4.54. The standard InChI is InChI=1S/C18H24N2O5/c1-17(2,3)19-16-15-13(5-4-6-14(15)25-19)24-18(16,21)11-7-9-12(10-8-11)20(22)23/h7-10,13-16,21H,4-6H2,1-3H3. The molecule has 3 fully saturated rings. The number of non-ortho nitro benzene ring substituents is 1. The van der Waals surface area contributed by atoms with Crippen LogP contribution in [0.1, 0.15) is 45.6 Å². The molecule has 1 aliphatic carbocycles. The number of hydrogen-bond acceptors (Lipinski definition) is 6. The summed E-state index contributed by atoms with van der Waals surface area (Å²) in [4.78, 5) is 16.7. The van der Waals surface area contributed by atoms with E-state index in [1.54, 1.807) is 12.1 Å². The minimum Gasteiger partial charge on any atom is -0.360 e. The molecule has 2 aliphatic heterocycles. The third-order valence-corrected chi connectivity index (χ3v) is 5.59. The molecule has 2 saturated heterocycles. The second-order valence-electron chi connectivity index (χ2n) is 8.25. The van der Waals surface area contributed by atoms with E-state index in [0.717, 1.165) is 19.3 Å². The van der Waals surface area contributed by atoms with Gasteiger partial charge in [0.1, 0.15) is 6.04 Å². The van der Waals surface area contributed by atoms with Gasteiger partial charge in [-0.25, -0.2) is 0 Å². The number of nitrogens with zero attached hydrogens (tertiary/aromatic N) is 2. The predicted molar refractivity (Wildman–Crippen MR) is 89.5 cm³/mol. The lowest BCUT2D eigenvalue weighted by Crippen LogP contribution is -2.53. The van der Waals surface area contributed by atoms with Crippen molar-refractivity contribution >= 4 is 5.69 Å². The minimum absolute atomic E-state index is 0.00371. The highest BCUT2D eigenvalue weighted by molar-refractivity contribution is 5.36. The largest absolute Gasteiger partial charge is 0.360 e. The topological polar surface area (TPSA) is 85.1 Å². The van der Waals surface area contributed by atoms with Gasteiger partial charge in [-0.15, -0.1) is 0 Å². The second-order valence-corrected chi connectivity index (χ2v) is 8.25. The fraction of sp³-hybridized carbons (Fsp3) is 0.667. The Morgan fingerprint density at radius 3 is 2.48 bits per heavy atom. The van der Waals surface area contributed by atoms with Gasteiger partial charge in [0, 0.05) is 29.2 Å². The number of benzene rings is 1. The van der Waals surface area contributed by atoms with E-state index in [-0.39, 0.29) is 35.4 Å². The number of aliphatic hydroxyl groups is 1. The molecule has 7 nitrogen and oxygen atoms in total. The molecule has 1 aromatic carbocycles. The van der Waals surface area contributed by atoms with Crippen LogP contribution in [0.3, 0.4) is 0 Å². The van der Waals surface area contributed by atoms with Gasteiger partial charge in [-0.05, 0) is 52.2 Å². The average Bonchev–Trinajstić information content (AvgIpc) is 3.09. The first kappa shape index (κ1) is 16.9. The van der Waals surface area contributed by atoms with Crippen LogP contribution in [-0.4, -0.2) is 38.9 Å². The third kappa shape index (κ3) is 2.49. The smallest absolute Gasteiger partial charge is 0.269 e. The van der Waals surface area contributed by atoms with Crippen molar-refractivity contribution in [3.63, 3.8) is 0 Å². The summed E-state index contributed by atoms with van der Waals surface area (Å²) in [5.41, 5.74) is 0.238. The molecule has 7 heteroatoms. The first-order chi connectivity index (χ1) is 11.7. The van der Waals surface area contributed by atoms with Gasteiger partial charge < -0.3 is 9.84 Å². The molecule has 2 heterocycles. The summed E-state index contributed by atoms with van der Waals surface area (Å²) in [6, 6.07) is 5.66. The number of rotatable bonds is 2. The third-order valence-electron chi connectivity index (χ3n) is 5.59. The lowest BCUT2D eigenvalue weighted by atomic mass is 9.78. The molecule has 1 saturated carbocycles. The van der Waals surface area contributed by atoms with Gasteiger partial charge in [-0.1, -0.05) is 0 Å². The number of hydrogen-bond donors (Lipinski definition) is 1. The zero-order chi connectivity index (χ0) is 18.0. The Hall–Kier alpha value is -1.54. The van der Waals surface area contributed by atoms with Gasteiger partial charge >= 0.3 is 0 Å². The van der Waals surface area contributed by atoms with Crippen LogP contribution in [0.4, 0.5) is 5.69 Å². The maximum Gasteiger partial charge on any atom is 0.269 e. The van der Waals surface area contributed by atoms with E-state index in [4.69, 9.17) is 9.57 Å². The van der Waals surface area contributed by atoms with E-state index in [1.165, 1.54) is 12.1 Å². The van der Waals surface area contributed by atoms with Gasteiger partial charge in [-0.2, -0.15) is 5.06 Å². The second kappa shape index (κ2) is 5.48. The molecule has 1 aromatic rings. The summed E-state index contributed by atoms with van der Waals surface area (Å²) in [7, 11) is 0. The highest BCUT2D eigenvalue weighted by atomic mass is 16.7. The maximum absolute atomic E-state index is 11.5. The van der Waals surface area contributed by atoms with Crippen LogP contribution in [0.15, 0.2) is 24.3 Å². The number of nitro benzene ring substituents is 1. The molecular weight excluding hydrogens is 324 g/mol. The molecule has 5 unspecified atom stereocenters. The molecule has 0 bridgehead atoms. The van der Waals surface area contributed by atoms with Crippen molar-refractivity contribution in [2.45, 2.75) is 69.6 Å². The van der Waals surface area contributed by atoms with Crippen LogP contribution in [-0.2, 0) is 15.4 Å². The summed E-state index contributed by atoms with van der Waals surface area (Å²) in [5, 5.41) is 24.3. The molecule has 25 heavy (non-hydrogen) atoms. The van der Waals surface area contributed by atoms with Gasteiger partial charge in [0.25, 0.3) is 5.69 Å². The van der Waals surface area contributed by atoms with E-state index in [0.29, 0.717) is 5.56 Å². The van der Waals surface area contributed by atoms with Crippen molar-refractivity contribution in [2.24, 2.45) is 5.92 Å². The van der Waals surface area contributed by atoms with Crippen LogP contribution < -0.4 is 0 Å². The van der Waals surface area contributed by atoms with Crippen LogP contribution in [0, 0.1) is 16.0 Å². The SMILES string of the molecule is CC(C)(C)N1OC2CCCC3OC(O)(c4ccc([N+](=O)[O-])cc4)C1C23. The van der Waals surface area contributed by atoms with Gasteiger partial charge in [0.15, 0.2) is 0 Å². The van der Waals surface area contributed by atoms with E-state index >= 15 is 0 Å². The monoisotopic (exact) mass is 348 g/mol. The van der Waals surface area contributed by atoms with E-state index in [1.807, 2.05) is 25.8 Å². The summed E-state index contributed by atoms with van der Waals surface area (Å²) >= 11 is 0. The van der Waals surface area contributed by atoms with Crippen LogP contribution in [0.2, 0.25) is 0 Å². The summed E-state index contributed by atoms with van der Waals surface area (Å²) in [5.74, 6) is -1.43. The van der Waals surface area contributed by atoms with E-state index in [9.17, 15) is 15.2 Å². The number of ether oxygens (including phenoxy) is 1. The van der Waals surface area contributed by atoms with Crippen molar-refractivity contribution in [1.82, 2.24) is 5.06 Å². The van der Waals surface area contributed by atoms with Crippen molar-refractivity contribution in [1.29, 1.82) is 0 Å². The van der Waals surface area contributed by atoms with E-state index in [2.05, 4.69) is 0 Å². The predicted octanol–water partition coefficient (Wildman–Crippen LogP) is 2.72. The van der Waals surface area contributed by atoms with Crippen molar-refractivity contribution in [2.75, 3.05) is 0 Å². The lowest BCUT2D eigenvalue weighted by Gasteiger charge is -2.40. The van der Waals surface area contributed by atoms with Crippen LogP contribution in [0.25, 0.3) is 0 Å². The normalized spacial score (nSPS) is 37.9. The number of hydroxylamine groups is 2. The molecule has 5 atom stereocenters.